The number of hydrogen-bond acceptors (Lipinski definition) is 5. The number of carbonyl (C=O) groups is 2. The SMILES string of the molecule is COC(=O)c1cccc(N2CC(Oc3ccc(NC(=O)NC4CCCCC4)cc3)C2)c1-n1cccc1. The summed E-state index contributed by atoms with van der Waals surface area (Å²) in [6.45, 7) is 1.39. The Morgan fingerprint density at radius 2 is 1.64 bits per heavy atom. The molecule has 188 valence electrons. The van der Waals surface area contributed by atoms with Gasteiger partial charge in [0.05, 0.1) is 37.1 Å². The Morgan fingerprint density at radius 3 is 2.33 bits per heavy atom. The predicted molar refractivity (Wildman–Crippen MR) is 139 cm³/mol. The third-order valence-corrected chi connectivity index (χ3v) is 6.83. The van der Waals surface area contributed by atoms with Crippen LogP contribution in [0.2, 0.25) is 0 Å². The molecule has 1 saturated heterocycles. The maximum Gasteiger partial charge on any atom is 0.340 e. The molecular formula is C28H32N4O4. The molecule has 1 aliphatic heterocycles. The number of nitrogens with one attached hydrogen (secondary N) is 2. The smallest absolute Gasteiger partial charge is 0.340 e. The lowest BCUT2D eigenvalue weighted by molar-refractivity contribution is 0.0600. The molecule has 0 bridgehead atoms. The Hall–Kier alpha value is -3.94. The maximum atomic E-state index is 12.4. The summed E-state index contributed by atoms with van der Waals surface area (Å²) in [5.41, 5.74) is 3.01. The second kappa shape index (κ2) is 10.8. The highest BCUT2D eigenvalue weighted by Crippen LogP contribution is 2.33. The molecule has 1 aromatic heterocycles. The molecule has 1 aliphatic carbocycles. The molecule has 2 amide bonds. The highest BCUT2D eigenvalue weighted by Gasteiger charge is 2.32. The second-order valence-corrected chi connectivity index (χ2v) is 9.36. The van der Waals surface area contributed by atoms with Crippen LogP contribution in [0.15, 0.2) is 67.0 Å². The Kier molecular flexibility index (Phi) is 7.11. The Bertz CT molecular complexity index is 1180. The van der Waals surface area contributed by atoms with Gasteiger partial charge in [0.1, 0.15) is 11.9 Å². The van der Waals surface area contributed by atoms with Gasteiger partial charge in [-0.25, -0.2) is 9.59 Å². The zero-order valence-corrected chi connectivity index (χ0v) is 20.5. The molecule has 0 radical (unpaired) electrons. The molecule has 36 heavy (non-hydrogen) atoms. The van der Waals surface area contributed by atoms with E-state index in [1.807, 2.05) is 65.5 Å². The number of carbonyl (C=O) groups excluding carboxylic acids is 2. The number of benzene rings is 2. The van der Waals surface area contributed by atoms with E-state index < -0.39 is 0 Å². The van der Waals surface area contributed by atoms with Gasteiger partial charge in [0.15, 0.2) is 0 Å². The Morgan fingerprint density at radius 1 is 0.917 bits per heavy atom. The van der Waals surface area contributed by atoms with Crippen LogP contribution in [0.4, 0.5) is 16.2 Å². The van der Waals surface area contributed by atoms with E-state index in [0.29, 0.717) is 18.7 Å². The van der Waals surface area contributed by atoms with E-state index in [1.165, 1.54) is 26.4 Å². The summed E-state index contributed by atoms with van der Waals surface area (Å²) in [6, 6.07) is 17.1. The number of anilines is 2. The average Bonchev–Trinajstić information content (AvgIpc) is 3.41. The van der Waals surface area contributed by atoms with Crippen LogP contribution in [-0.2, 0) is 4.74 Å². The van der Waals surface area contributed by atoms with Crippen molar-refractivity contribution in [2.75, 3.05) is 30.4 Å². The summed E-state index contributed by atoms with van der Waals surface area (Å²) in [4.78, 5) is 26.9. The van der Waals surface area contributed by atoms with Crippen LogP contribution in [0.1, 0.15) is 42.5 Å². The van der Waals surface area contributed by atoms with Gasteiger partial charge in [0, 0.05) is 24.1 Å². The molecule has 1 saturated carbocycles. The van der Waals surface area contributed by atoms with Gasteiger partial charge >= 0.3 is 12.0 Å². The number of methoxy groups -OCH3 is 1. The number of para-hydroxylation sites is 1. The fourth-order valence-corrected chi connectivity index (χ4v) is 4.93. The molecule has 2 N–H and O–H groups in total. The molecule has 0 spiro atoms. The summed E-state index contributed by atoms with van der Waals surface area (Å²) in [7, 11) is 1.39. The van der Waals surface area contributed by atoms with Crippen molar-refractivity contribution in [3.8, 4) is 11.4 Å². The van der Waals surface area contributed by atoms with Crippen LogP contribution in [0.25, 0.3) is 5.69 Å². The van der Waals surface area contributed by atoms with Gasteiger partial charge in [-0.2, -0.15) is 0 Å². The van der Waals surface area contributed by atoms with Crippen LogP contribution in [0, 0.1) is 0 Å². The first kappa shape index (κ1) is 23.8. The maximum absolute atomic E-state index is 12.4. The standard InChI is InChI=1S/C28H32N4O4/c1-35-27(33)24-10-7-11-25(26(24)31-16-5-6-17-31)32-18-23(19-32)36-22-14-12-21(13-15-22)30-28(34)29-20-8-3-2-4-9-20/h5-7,10-17,20,23H,2-4,8-9,18-19H2,1H3,(H2,29,30,34). The highest BCUT2D eigenvalue weighted by atomic mass is 16.5. The van der Waals surface area contributed by atoms with Crippen molar-refractivity contribution < 1.29 is 19.1 Å². The van der Waals surface area contributed by atoms with E-state index >= 15 is 0 Å². The fraction of sp³-hybridized carbons (Fsp3) is 0.357. The number of amides is 2. The molecule has 2 fully saturated rings. The van der Waals surface area contributed by atoms with E-state index in [2.05, 4.69) is 15.5 Å². The number of esters is 1. The van der Waals surface area contributed by atoms with Gasteiger partial charge in [-0.3, -0.25) is 0 Å². The summed E-state index contributed by atoms with van der Waals surface area (Å²) < 4.78 is 13.1. The molecule has 0 unspecified atom stereocenters. The van der Waals surface area contributed by atoms with Gasteiger partial charge in [0.2, 0.25) is 0 Å². The number of urea groups is 1. The predicted octanol–water partition coefficient (Wildman–Crippen LogP) is 4.99. The zero-order chi connectivity index (χ0) is 24.9. The molecule has 5 rings (SSSR count). The fourth-order valence-electron chi connectivity index (χ4n) is 4.93. The Labute approximate surface area is 211 Å². The van der Waals surface area contributed by atoms with Gasteiger partial charge in [0.25, 0.3) is 0 Å². The van der Waals surface area contributed by atoms with Gasteiger partial charge in [-0.15, -0.1) is 0 Å². The van der Waals surface area contributed by atoms with Gasteiger partial charge in [-0.1, -0.05) is 25.3 Å². The normalized spacial score (nSPS) is 16.2. The Balaban J connectivity index is 1.18. The third kappa shape index (κ3) is 5.32. The topological polar surface area (TPSA) is 84.8 Å². The molecule has 2 heterocycles. The lowest BCUT2D eigenvalue weighted by atomic mass is 9.96. The number of rotatable bonds is 7. The monoisotopic (exact) mass is 488 g/mol. The van der Waals surface area contributed by atoms with E-state index in [4.69, 9.17) is 9.47 Å². The van der Waals surface area contributed by atoms with Crippen LogP contribution in [-0.4, -0.2) is 48.9 Å². The van der Waals surface area contributed by atoms with E-state index in [9.17, 15) is 9.59 Å². The number of hydrogen-bond donors (Lipinski definition) is 2. The minimum Gasteiger partial charge on any atom is -0.487 e. The van der Waals surface area contributed by atoms with Gasteiger partial charge < -0.3 is 29.6 Å². The molecule has 2 aliphatic rings. The van der Waals surface area contributed by atoms with Crippen molar-refractivity contribution in [3.63, 3.8) is 0 Å². The van der Waals surface area contributed by atoms with Crippen molar-refractivity contribution in [2.45, 2.75) is 44.2 Å². The molecule has 8 nitrogen and oxygen atoms in total. The average molecular weight is 489 g/mol. The lowest BCUT2D eigenvalue weighted by Crippen LogP contribution is -2.54. The van der Waals surface area contributed by atoms with Gasteiger partial charge in [-0.05, 0) is 61.4 Å². The number of nitrogens with zero attached hydrogens (tertiary/aromatic N) is 2. The highest BCUT2D eigenvalue weighted by molar-refractivity contribution is 5.96. The van der Waals surface area contributed by atoms with Crippen molar-refractivity contribution in [1.29, 1.82) is 0 Å². The first-order valence-corrected chi connectivity index (χ1v) is 12.5. The summed E-state index contributed by atoms with van der Waals surface area (Å²) in [6.07, 6.45) is 9.59. The summed E-state index contributed by atoms with van der Waals surface area (Å²) in [5.74, 6) is 0.391. The molecule has 3 aromatic rings. The van der Waals surface area contributed by atoms with E-state index in [-0.39, 0.29) is 24.1 Å². The molecular weight excluding hydrogens is 456 g/mol. The van der Waals surface area contributed by atoms with Crippen LogP contribution in [0.3, 0.4) is 0 Å². The number of ether oxygens (including phenoxy) is 2. The van der Waals surface area contributed by atoms with Crippen LogP contribution < -0.4 is 20.3 Å². The summed E-state index contributed by atoms with van der Waals surface area (Å²) >= 11 is 0. The van der Waals surface area contributed by atoms with Crippen molar-refractivity contribution >= 4 is 23.4 Å². The number of aromatic nitrogens is 1. The zero-order valence-electron chi connectivity index (χ0n) is 20.5. The third-order valence-electron chi connectivity index (χ3n) is 6.83. The quantitative estimate of drug-likeness (QED) is 0.458. The largest absolute Gasteiger partial charge is 0.487 e. The molecule has 2 aromatic carbocycles. The second-order valence-electron chi connectivity index (χ2n) is 9.36. The van der Waals surface area contributed by atoms with Crippen molar-refractivity contribution in [1.82, 2.24) is 9.88 Å². The first-order valence-electron chi connectivity index (χ1n) is 12.5. The lowest BCUT2D eigenvalue weighted by Gasteiger charge is -2.41. The van der Waals surface area contributed by atoms with Crippen LogP contribution >= 0.6 is 0 Å². The minimum atomic E-state index is -0.366. The minimum absolute atomic E-state index is 0.0257. The molecule has 0 atom stereocenters. The van der Waals surface area contributed by atoms with Crippen LogP contribution in [0.5, 0.6) is 5.75 Å². The summed E-state index contributed by atoms with van der Waals surface area (Å²) in [5, 5.41) is 5.98. The van der Waals surface area contributed by atoms with E-state index in [1.54, 1.807) is 6.07 Å². The van der Waals surface area contributed by atoms with E-state index in [0.717, 1.165) is 35.7 Å². The first-order chi connectivity index (χ1) is 17.6. The van der Waals surface area contributed by atoms with Crippen molar-refractivity contribution in [2.24, 2.45) is 0 Å². The molecule has 8 heteroatoms. The van der Waals surface area contributed by atoms with Crippen molar-refractivity contribution in [3.05, 3.63) is 72.6 Å².